The highest BCUT2D eigenvalue weighted by Crippen LogP contribution is 2.32. The molecule has 1 saturated heterocycles. The van der Waals surface area contributed by atoms with Crippen molar-refractivity contribution < 1.29 is 14.7 Å². The summed E-state index contributed by atoms with van der Waals surface area (Å²) < 4.78 is 0. The Hall–Kier alpha value is -1.06. The fourth-order valence-corrected chi connectivity index (χ4v) is 2.50. The molecule has 2 rings (SSSR count). The van der Waals surface area contributed by atoms with Gasteiger partial charge in [-0.25, -0.2) is 4.79 Å². The summed E-state index contributed by atoms with van der Waals surface area (Å²) in [4.78, 5) is 23.3. The molecule has 2 atom stereocenters. The fraction of sp³-hybridized carbons (Fsp3) is 0.778. The lowest BCUT2D eigenvalue weighted by Crippen LogP contribution is -2.46. The molecule has 2 fully saturated rings. The Bertz CT molecular complexity index is 235. The third-order valence-electron chi connectivity index (χ3n) is 2.93. The zero-order valence-electron chi connectivity index (χ0n) is 7.40. The van der Waals surface area contributed by atoms with Crippen molar-refractivity contribution in [2.24, 2.45) is 11.8 Å². The van der Waals surface area contributed by atoms with E-state index in [0.717, 1.165) is 6.42 Å². The lowest BCUT2D eigenvalue weighted by molar-refractivity contribution is -0.124. The lowest BCUT2D eigenvalue weighted by atomic mass is 9.77. The van der Waals surface area contributed by atoms with Crippen LogP contribution in [0.3, 0.4) is 0 Å². The van der Waals surface area contributed by atoms with E-state index in [1.54, 1.807) is 0 Å². The molecule has 2 aliphatic rings. The smallest absolute Gasteiger partial charge is 0.407 e. The van der Waals surface area contributed by atoms with Gasteiger partial charge in [-0.2, -0.15) is 0 Å². The van der Waals surface area contributed by atoms with Gasteiger partial charge in [0, 0.05) is 25.9 Å². The topological polar surface area (TPSA) is 57.6 Å². The number of rotatable bonds is 0. The van der Waals surface area contributed by atoms with Gasteiger partial charge in [0.25, 0.3) is 0 Å². The van der Waals surface area contributed by atoms with E-state index in [2.05, 4.69) is 0 Å². The van der Waals surface area contributed by atoms with Crippen LogP contribution in [0.1, 0.15) is 19.3 Å². The molecule has 0 radical (unpaired) electrons. The van der Waals surface area contributed by atoms with Gasteiger partial charge in [0.1, 0.15) is 5.78 Å². The molecule has 0 aromatic carbocycles. The Morgan fingerprint density at radius 2 is 1.85 bits per heavy atom. The van der Waals surface area contributed by atoms with Crippen molar-refractivity contribution in [2.75, 3.05) is 13.1 Å². The molecule has 1 saturated carbocycles. The van der Waals surface area contributed by atoms with Crippen molar-refractivity contribution in [2.45, 2.75) is 19.3 Å². The van der Waals surface area contributed by atoms with Gasteiger partial charge in [-0.3, -0.25) is 4.79 Å². The second kappa shape index (κ2) is 3.01. The lowest BCUT2D eigenvalue weighted by Gasteiger charge is -2.39. The zero-order valence-corrected chi connectivity index (χ0v) is 7.40. The first-order valence-corrected chi connectivity index (χ1v) is 4.64. The minimum absolute atomic E-state index is 0.288. The molecule has 4 heteroatoms. The number of fused-ring (bicyclic) bond motifs is 2. The molecular formula is C9H13NO3. The largest absolute Gasteiger partial charge is 0.465 e. The summed E-state index contributed by atoms with van der Waals surface area (Å²) in [5.41, 5.74) is 0. The van der Waals surface area contributed by atoms with Crippen LogP contribution in [-0.4, -0.2) is 35.0 Å². The molecule has 1 heterocycles. The number of piperidine rings is 1. The van der Waals surface area contributed by atoms with E-state index in [-0.39, 0.29) is 11.8 Å². The molecule has 13 heavy (non-hydrogen) atoms. The second-order valence-corrected chi connectivity index (χ2v) is 4.10. The quantitative estimate of drug-likeness (QED) is 0.608. The van der Waals surface area contributed by atoms with Gasteiger partial charge >= 0.3 is 6.09 Å². The summed E-state index contributed by atoms with van der Waals surface area (Å²) in [6, 6.07) is 0. The van der Waals surface area contributed by atoms with Crippen LogP contribution in [0.2, 0.25) is 0 Å². The first-order chi connectivity index (χ1) is 6.15. The Labute approximate surface area is 76.5 Å². The number of hydrogen-bond acceptors (Lipinski definition) is 2. The summed E-state index contributed by atoms with van der Waals surface area (Å²) in [7, 11) is 0. The summed E-state index contributed by atoms with van der Waals surface area (Å²) in [6.45, 7) is 1.11. The summed E-state index contributed by atoms with van der Waals surface area (Å²) in [6.07, 6.45) is 1.36. The molecular weight excluding hydrogens is 170 g/mol. The Balaban J connectivity index is 2.05. The molecule has 1 aliphatic heterocycles. The number of amides is 1. The van der Waals surface area contributed by atoms with E-state index < -0.39 is 6.09 Å². The van der Waals surface area contributed by atoms with E-state index in [0.29, 0.717) is 31.7 Å². The summed E-state index contributed by atoms with van der Waals surface area (Å²) in [5.74, 6) is 0.887. The highest BCUT2D eigenvalue weighted by molar-refractivity contribution is 5.80. The van der Waals surface area contributed by atoms with Gasteiger partial charge in [0.05, 0.1) is 0 Å². The van der Waals surface area contributed by atoms with Gasteiger partial charge in [-0.05, 0) is 18.3 Å². The van der Waals surface area contributed by atoms with Crippen LogP contribution in [0.4, 0.5) is 4.79 Å². The summed E-state index contributed by atoms with van der Waals surface area (Å²) in [5, 5.41) is 8.80. The average molecular weight is 183 g/mol. The molecule has 2 unspecified atom stereocenters. The average Bonchev–Trinajstić information content (AvgIpc) is 2.01. The van der Waals surface area contributed by atoms with Gasteiger partial charge in [0.15, 0.2) is 0 Å². The fourth-order valence-electron chi connectivity index (χ4n) is 2.50. The van der Waals surface area contributed by atoms with E-state index in [1.165, 1.54) is 4.90 Å². The van der Waals surface area contributed by atoms with Crippen LogP contribution in [0.15, 0.2) is 0 Å². The highest BCUT2D eigenvalue weighted by Gasteiger charge is 2.35. The first kappa shape index (κ1) is 8.53. The predicted octanol–water partition coefficient (Wildman–Crippen LogP) is 0.965. The maximum Gasteiger partial charge on any atom is 0.407 e. The number of ketones is 1. The van der Waals surface area contributed by atoms with Crippen molar-refractivity contribution in [3.05, 3.63) is 0 Å². The molecule has 1 amide bonds. The summed E-state index contributed by atoms with van der Waals surface area (Å²) >= 11 is 0. The standard InChI is InChI=1S/C9H13NO3/c11-8-2-6-1-7(3-8)5-10(4-6)9(12)13/h6-7H,1-5H2,(H,12,13). The third-order valence-corrected chi connectivity index (χ3v) is 2.93. The highest BCUT2D eigenvalue weighted by atomic mass is 16.4. The SMILES string of the molecule is O=C1CC2CC(C1)CN(C(=O)O)C2. The van der Waals surface area contributed by atoms with E-state index in [1.807, 2.05) is 0 Å². The predicted molar refractivity (Wildman–Crippen MR) is 45.4 cm³/mol. The Kier molecular flexibility index (Phi) is 1.98. The Morgan fingerprint density at radius 3 is 2.31 bits per heavy atom. The molecule has 0 aromatic heterocycles. The maximum atomic E-state index is 11.2. The van der Waals surface area contributed by atoms with Crippen molar-refractivity contribution in [3.8, 4) is 0 Å². The third kappa shape index (κ3) is 1.66. The van der Waals surface area contributed by atoms with E-state index in [9.17, 15) is 9.59 Å². The van der Waals surface area contributed by atoms with Crippen LogP contribution < -0.4 is 0 Å². The van der Waals surface area contributed by atoms with Crippen LogP contribution in [0, 0.1) is 11.8 Å². The number of carbonyl (C=O) groups is 2. The van der Waals surface area contributed by atoms with Crippen molar-refractivity contribution in [3.63, 3.8) is 0 Å². The number of likely N-dealkylation sites (tertiary alicyclic amines) is 1. The minimum Gasteiger partial charge on any atom is -0.465 e. The first-order valence-electron chi connectivity index (χ1n) is 4.64. The normalized spacial score (nSPS) is 33.2. The molecule has 72 valence electrons. The van der Waals surface area contributed by atoms with Crippen molar-refractivity contribution in [1.29, 1.82) is 0 Å². The minimum atomic E-state index is -0.843. The van der Waals surface area contributed by atoms with Gasteiger partial charge in [0.2, 0.25) is 0 Å². The second-order valence-electron chi connectivity index (χ2n) is 4.10. The molecule has 0 spiro atoms. The molecule has 1 N–H and O–H groups in total. The van der Waals surface area contributed by atoms with Crippen LogP contribution in [0.25, 0.3) is 0 Å². The molecule has 0 aromatic rings. The molecule has 2 bridgehead atoms. The van der Waals surface area contributed by atoms with Gasteiger partial charge in [-0.15, -0.1) is 0 Å². The van der Waals surface area contributed by atoms with Crippen molar-refractivity contribution >= 4 is 11.9 Å². The number of carboxylic acid groups (broad SMARTS) is 1. The molecule has 1 aliphatic carbocycles. The number of carbonyl (C=O) groups excluding carboxylic acids is 1. The maximum absolute atomic E-state index is 11.2. The van der Waals surface area contributed by atoms with E-state index in [4.69, 9.17) is 5.11 Å². The van der Waals surface area contributed by atoms with Gasteiger partial charge < -0.3 is 10.0 Å². The van der Waals surface area contributed by atoms with Crippen LogP contribution in [-0.2, 0) is 4.79 Å². The number of hydrogen-bond donors (Lipinski definition) is 1. The number of nitrogens with zero attached hydrogens (tertiary/aromatic N) is 1. The molecule has 4 nitrogen and oxygen atoms in total. The number of Topliss-reactive ketones (excluding diaryl/α,β-unsaturated/α-hetero) is 1. The van der Waals surface area contributed by atoms with Gasteiger partial charge in [-0.1, -0.05) is 0 Å². The van der Waals surface area contributed by atoms with E-state index >= 15 is 0 Å². The van der Waals surface area contributed by atoms with Crippen molar-refractivity contribution in [1.82, 2.24) is 4.90 Å². The van der Waals surface area contributed by atoms with Crippen LogP contribution in [0.5, 0.6) is 0 Å². The Morgan fingerprint density at radius 1 is 1.31 bits per heavy atom. The van der Waals surface area contributed by atoms with Crippen LogP contribution >= 0.6 is 0 Å². The monoisotopic (exact) mass is 183 g/mol. The zero-order chi connectivity index (χ0) is 9.42.